The quantitative estimate of drug-likeness (QED) is 0.343. The Bertz CT molecular complexity index is 619. The molecule has 1 heterocycles. The minimum Gasteiger partial charge on any atom is -0.444 e. The molecule has 0 saturated carbocycles. The van der Waals surface area contributed by atoms with Gasteiger partial charge in [-0.05, 0) is 19.1 Å². The van der Waals surface area contributed by atoms with E-state index < -0.39 is 0 Å². The van der Waals surface area contributed by atoms with Crippen LogP contribution in [0.3, 0.4) is 0 Å². The molecular formula is C16H21IN4O. The van der Waals surface area contributed by atoms with Gasteiger partial charge in [-0.3, -0.25) is 4.99 Å². The third-order valence-corrected chi connectivity index (χ3v) is 2.92. The molecule has 2 rings (SSSR count). The van der Waals surface area contributed by atoms with E-state index in [4.69, 9.17) is 4.42 Å². The van der Waals surface area contributed by atoms with Crippen LogP contribution in [0.2, 0.25) is 0 Å². The fourth-order valence-electron chi connectivity index (χ4n) is 1.78. The number of rotatable bonds is 5. The molecule has 0 atom stereocenters. The van der Waals surface area contributed by atoms with Gasteiger partial charge in [-0.2, -0.15) is 0 Å². The SMILES string of the molecule is C=CCNC(=NC)NCc1coc(-c2ccc(C)cc2)n1.I. The highest BCUT2D eigenvalue weighted by Crippen LogP contribution is 2.18. The van der Waals surface area contributed by atoms with Crippen molar-refractivity contribution in [3.63, 3.8) is 0 Å². The number of guanidine groups is 1. The standard InChI is InChI=1S/C16H20N4O.HI/c1-4-9-18-16(17-3)19-10-14-11-21-15(20-14)13-7-5-12(2)6-8-13;/h4-8,11H,1,9-10H2,2-3H3,(H2,17,18,19);1H. The summed E-state index contributed by atoms with van der Waals surface area (Å²) in [4.78, 5) is 8.57. The van der Waals surface area contributed by atoms with E-state index in [1.54, 1.807) is 19.4 Å². The Morgan fingerprint density at radius 2 is 2.05 bits per heavy atom. The molecule has 2 N–H and O–H groups in total. The van der Waals surface area contributed by atoms with Crippen molar-refractivity contribution in [3.05, 3.63) is 54.4 Å². The van der Waals surface area contributed by atoms with Crippen molar-refractivity contribution < 1.29 is 4.42 Å². The minimum atomic E-state index is 0. The van der Waals surface area contributed by atoms with Gasteiger partial charge in [-0.25, -0.2) is 4.98 Å². The van der Waals surface area contributed by atoms with Gasteiger partial charge >= 0.3 is 0 Å². The summed E-state index contributed by atoms with van der Waals surface area (Å²) in [5.41, 5.74) is 3.01. The minimum absolute atomic E-state index is 0. The summed E-state index contributed by atoms with van der Waals surface area (Å²) in [5.74, 6) is 1.33. The van der Waals surface area contributed by atoms with E-state index in [2.05, 4.69) is 34.1 Å². The lowest BCUT2D eigenvalue weighted by Crippen LogP contribution is -2.36. The molecule has 1 aromatic heterocycles. The predicted molar refractivity (Wildman–Crippen MR) is 100 cm³/mol. The first kappa shape index (κ1) is 18.2. The van der Waals surface area contributed by atoms with E-state index in [0.29, 0.717) is 24.9 Å². The van der Waals surface area contributed by atoms with Gasteiger partial charge in [-0.15, -0.1) is 30.6 Å². The lowest BCUT2D eigenvalue weighted by molar-refractivity contribution is 0.572. The summed E-state index contributed by atoms with van der Waals surface area (Å²) >= 11 is 0. The number of oxazole rings is 1. The second kappa shape index (κ2) is 9.24. The number of hydrogen-bond acceptors (Lipinski definition) is 3. The van der Waals surface area contributed by atoms with Crippen molar-refractivity contribution in [2.75, 3.05) is 13.6 Å². The average molecular weight is 412 g/mol. The molecule has 0 aliphatic rings. The number of nitrogens with zero attached hydrogens (tertiary/aromatic N) is 2. The van der Waals surface area contributed by atoms with Gasteiger partial charge in [-0.1, -0.05) is 23.8 Å². The Balaban J connectivity index is 0.00000242. The smallest absolute Gasteiger partial charge is 0.226 e. The molecule has 22 heavy (non-hydrogen) atoms. The van der Waals surface area contributed by atoms with Gasteiger partial charge in [0.15, 0.2) is 5.96 Å². The summed E-state index contributed by atoms with van der Waals surface area (Å²) < 4.78 is 5.51. The van der Waals surface area contributed by atoms with Gasteiger partial charge in [0.05, 0.1) is 12.2 Å². The van der Waals surface area contributed by atoms with Crippen molar-refractivity contribution >= 4 is 29.9 Å². The van der Waals surface area contributed by atoms with Crippen LogP contribution >= 0.6 is 24.0 Å². The molecular weight excluding hydrogens is 391 g/mol. The molecule has 6 heteroatoms. The van der Waals surface area contributed by atoms with Crippen molar-refractivity contribution in [3.8, 4) is 11.5 Å². The predicted octanol–water partition coefficient (Wildman–Crippen LogP) is 3.12. The molecule has 0 aliphatic heterocycles. The van der Waals surface area contributed by atoms with Crippen LogP contribution in [-0.2, 0) is 6.54 Å². The first-order chi connectivity index (χ1) is 10.2. The molecule has 0 saturated heterocycles. The van der Waals surface area contributed by atoms with E-state index >= 15 is 0 Å². The highest BCUT2D eigenvalue weighted by molar-refractivity contribution is 14.0. The molecule has 0 amide bonds. The van der Waals surface area contributed by atoms with Crippen molar-refractivity contribution in [2.45, 2.75) is 13.5 Å². The Labute approximate surface area is 148 Å². The van der Waals surface area contributed by atoms with E-state index in [0.717, 1.165) is 11.3 Å². The molecule has 0 fully saturated rings. The summed E-state index contributed by atoms with van der Waals surface area (Å²) in [7, 11) is 1.72. The third-order valence-electron chi connectivity index (χ3n) is 2.92. The maximum atomic E-state index is 5.51. The maximum Gasteiger partial charge on any atom is 0.226 e. The summed E-state index contributed by atoms with van der Waals surface area (Å²) in [6, 6.07) is 8.09. The normalized spacial score (nSPS) is 10.7. The van der Waals surface area contributed by atoms with Gasteiger partial charge in [0.1, 0.15) is 6.26 Å². The fourth-order valence-corrected chi connectivity index (χ4v) is 1.78. The lowest BCUT2D eigenvalue weighted by Gasteiger charge is -2.08. The zero-order valence-corrected chi connectivity index (χ0v) is 15.1. The van der Waals surface area contributed by atoms with Crippen LogP contribution in [0.5, 0.6) is 0 Å². The van der Waals surface area contributed by atoms with Crippen LogP contribution in [-0.4, -0.2) is 24.5 Å². The van der Waals surface area contributed by atoms with Crippen LogP contribution in [0.4, 0.5) is 0 Å². The molecule has 2 aromatic rings. The summed E-state index contributed by atoms with van der Waals surface area (Å²) in [5, 5.41) is 6.26. The highest BCUT2D eigenvalue weighted by Gasteiger charge is 2.07. The highest BCUT2D eigenvalue weighted by atomic mass is 127. The second-order valence-electron chi connectivity index (χ2n) is 4.61. The van der Waals surface area contributed by atoms with Gasteiger partial charge in [0.2, 0.25) is 5.89 Å². The van der Waals surface area contributed by atoms with Crippen molar-refractivity contribution in [1.82, 2.24) is 15.6 Å². The van der Waals surface area contributed by atoms with Crippen LogP contribution in [0, 0.1) is 6.92 Å². The van der Waals surface area contributed by atoms with E-state index in [1.165, 1.54) is 5.56 Å². The Hall–Kier alpha value is -1.83. The largest absolute Gasteiger partial charge is 0.444 e. The molecule has 0 unspecified atom stereocenters. The fraction of sp³-hybridized carbons (Fsp3) is 0.250. The Morgan fingerprint density at radius 1 is 1.32 bits per heavy atom. The molecule has 118 valence electrons. The van der Waals surface area contributed by atoms with E-state index in [9.17, 15) is 0 Å². The number of aryl methyl sites for hydroxylation is 1. The van der Waals surface area contributed by atoms with Crippen LogP contribution in [0.15, 0.2) is 52.6 Å². The van der Waals surface area contributed by atoms with Crippen LogP contribution in [0.25, 0.3) is 11.5 Å². The topological polar surface area (TPSA) is 62.5 Å². The molecule has 0 spiro atoms. The van der Waals surface area contributed by atoms with Gasteiger partial charge in [0, 0.05) is 19.2 Å². The van der Waals surface area contributed by atoms with E-state index in [1.807, 2.05) is 24.3 Å². The zero-order valence-electron chi connectivity index (χ0n) is 12.8. The van der Waals surface area contributed by atoms with E-state index in [-0.39, 0.29) is 24.0 Å². The number of aliphatic imine (C=N–C) groups is 1. The van der Waals surface area contributed by atoms with Gasteiger partial charge < -0.3 is 15.1 Å². The van der Waals surface area contributed by atoms with Crippen LogP contribution in [0.1, 0.15) is 11.3 Å². The first-order valence-electron chi connectivity index (χ1n) is 6.80. The van der Waals surface area contributed by atoms with Crippen molar-refractivity contribution in [2.24, 2.45) is 4.99 Å². The lowest BCUT2D eigenvalue weighted by atomic mass is 10.1. The zero-order chi connectivity index (χ0) is 15.1. The number of hydrogen-bond donors (Lipinski definition) is 2. The first-order valence-corrected chi connectivity index (χ1v) is 6.80. The second-order valence-corrected chi connectivity index (χ2v) is 4.61. The molecule has 0 aliphatic carbocycles. The summed E-state index contributed by atoms with van der Waals surface area (Å²) in [6.07, 6.45) is 3.43. The van der Waals surface area contributed by atoms with Gasteiger partial charge in [0.25, 0.3) is 0 Å². The molecule has 0 bridgehead atoms. The number of aromatic nitrogens is 1. The third kappa shape index (κ3) is 5.18. The summed E-state index contributed by atoms with van der Waals surface area (Å²) in [6.45, 7) is 6.92. The average Bonchev–Trinajstić information content (AvgIpc) is 2.97. The maximum absolute atomic E-state index is 5.51. The Morgan fingerprint density at radius 3 is 2.68 bits per heavy atom. The monoisotopic (exact) mass is 412 g/mol. The molecule has 0 radical (unpaired) electrons. The number of nitrogens with one attached hydrogen (secondary N) is 2. The van der Waals surface area contributed by atoms with Crippen molar-refractivity contribution in [1.29, 1.82) is 0 Å². The number of benzene rings is 1. The Kier molecular flexibility index (Phi) is 7.65. The number of halogens is 1. The molecule has 1 aromatic carbocycles. The van der Waals surface area contributed by atoms with Crippen LogP contribution < -0.4 is 10.6 Å². The molecule has 5 nitrogen and oxygen atoms in total.